The van der Waals surface area contributed by atoms with Gasteiger partial charge in [0.15, 0.2) is 0 Å². The zero-order valence-electron chi connectivity index (χ0n) is 19.3. The molecule has 1 aliphatic heterocycles. The van der Waals surface area contributed by atoms with E-state index in [1.54, 1.807) is 15.7 Å². The molecule has 0 saturated heterocycles. The normalized spacial score (nSPS) is 15.8. The maximum atomic E-state index is 13.6. The molecule has 5 aromatic heterocycles. The van der Waals surface area contributed by atoms with E-state index in [-0.39, 0.29) is 23.3 Å². The summed E-state index contributed by atoms with van der Waals surface area (Å²) in [5, 5.41) is 16.1. The van der Waals surface area contributed by atoms with E-state index < -0.39 is 18.5 Å². The number of carbonyl (C=O) groups excluding carboxylic acids is 1. The van der Waals surface area contributed by atoms with Crippen molar-refractivity contribution in [3.8, 4) is 11.5 Å². The van der Waals surface area contributed by atoms with Crippen LogP contribution in [-0.4, -0.2) is 56.9 Å². The molecule has 1 aliphatic rings. The molecule has 6 rings (SSSR count). The molecule has 5 aromatic rings. The van der Waals surface area contributed by atoms with E-state index in [0.717, 1.165) is 23.0 Å². The van der Waals surface area contributed by atoms with Gasteiger partial charge >= 0.3 is 18.3 Å². The lowest BCUT2D eigenvalue weighted by molar-refractivity contribution is 0.0566. The number of nitrogens with zero attached hydrogens (tertiary/aromatic N) is 8. The minimum atomic E-state index is -2.80. The van der Waals surface area contributed by atoms with Gasteiger partial charge in [0.1, 0.15) is 6.04 Å². The van der Waals surface area contributed by atoms with Gasteiger partial charge < -0.3 is 14.3 Å². The number of fused-ring (bicyclic) bond motifs is 2. The maximum absolute atomic E-state index is 13.6. The molecule has 184 valence electrons. The van der Waals surface area contributed by atoms with Gasteiger partial charge in [-0.2, -0.15) is 19.0 Å². The van der Waals surface area contributed by atoms with Gasteiger partial charge in [0.2, 0.25) is 0 Å². The maximum Gasteiger partial charge on any atom is 0.333 e. The van der Waals surface area contributed by atoms with Crippen molar-refractivity contribution in [1.82, 2.24) is 44.5 Å². The molecule has 0 saturated carbocycles. The number of alkyl halides is 2. The summed E-state index contributed by atoms with van der Waals surface area (Å²) in [5.41, 5.74) is 4.56. The van der Waals surface area contributed by atoms with E-state index in [1.165, 1.54) is 6.20 Å². The second-order valence-corrected chi connectivity index (χ2v) is 8.83. The summed E-state index contributed by atoms with van der Waals surface area (Å²) in [4.78, 5) is 22.8. The van der Waals surface area contributed by atoms with Gasteiger partial charge in [-0.05, 0) is 23.6 Å². The number of hydrogen-bond acceptors (Lipinski definition) is 7. The fourth-order valence-electron chi connectivity index (χ4n) is 4.58. The van der Waals surface area contributed by atoms with E-state index >= 15 is 0 Å². The Morgan fingerprint density at radius 3 is 2.92 bits per heavy atom. The van der Waals surface area contributed by atoms with Crippen LogP contribution in [0.1, 0.15) is 65.7 Å². The number of aromatic nitrogens is 8. The van der Waals surface area contributed by atoms with Gasteiger partial charge in [0.05, 0.1) is 35.0 Å². The van der Waals surface area contributed by atoms with Gasteiger partial charge in [-0.1, -0.05) is 19.9 Å². The third-order valence-corrected chi connectivity index (χ3v) is 6.30. The fraction of sp³-hybridized carbons (Fsp3) is 0.304. The van der Waals surface area contributed by atoms with E-state index in [2.05, 4.69) is 45.2 Å². The highest BCUT2D eigenvalue weighted by Crippen LogP contribution is 2.35. The minimum Gasteiger partial charge on any atom is -0.412 e. The summed E-state index contributed by atoms with van der Waals surface area (Å²) in [5.74, 6) is -0.552. The number of aromatic amines is 1. The van der Waals surface area contributed by atoms with E-state index in [9.17, 15) is 13.6 Å². The molecule has 0 bridgehead atoms. The number of pyridine rings is 1. The molecule has 0 radical (unpaired) electrons. The van der Waals surface area contributed by atoms with E-state index in [4.69, 9.17) is 9.52 Å². The number of carbonyl (C=O) groups is 1. The first-order chi connectivity index (χ1) is 17.4. The molecule has 13 heteroatoms. The SMILES string of the molecule is CC(C)c1cccn2nc([C@@H]3c4nc[nH]c4CCN3C(=O)c3nnc(-c4cnn(C(F)F)c4)o3)cc12. The Kier molecular flexibility index (Phi) is 5.12. The average molecular weight is 493 g/mol. The molecule has 6 heterocycles. The fourth-order valence-corrected chi connectivity index (χ4v) is 4.58. The summed E-state index contributed by atoms with van der Waals surface area (Å²) in [6.45, 7) is 1.79. The van der Waals surface area contributed by atoms with Gasteiger partial charge in [-0.25, -0.2) is 14.2 Å². The largest absolute Gasteiger partial charge is 0.412 e. The molecule has 0 aromatic carbocycles. The Labute approximate surface area is 202 Å². The second kappa shape index (κ2) is 8.36. The highest BCUT2D eigenvalue weighted by atomic mass is 19.3. The first kappa shape index (κ1) is 22.1. The summed E-state index contributed by atoms with van der Waals surface area (Å²) >= 11 is 0. The molecule has 11 nitrogen and oxygen atoms in total. The van der Waals surface area contributed by atoms with Gasteiger partial charge in [-0.3, -0.25) is 4.79 Å². The number of amides is 1. The van der Waals surface area contributed by atoms with Crippen molar-refractivity contribution in [2.75, 3.05) is 6.54 Å². The molecular weight excluding hydrogens is 472 g/mol. The van der Waals surface area contributed by atoms with Crippen molar-refractivity contribution in [1.29, 1.82) is 0 Å². The lowest BCUT2D eigenvalue weighted by Gasteiger charge is -2.32. The molecular formula is C23H21F2N9O2. The van der Waals surface area contributed by atoms with Gasteiger partial charge in [0, 0.05) is 31.1 Å². The number of hydrogen-bond donors (Lipinski definition) is 1. The third kappa shape index (κ3) is 3.54. The van der Waals surface area contributed by atoms with Crippen LogP contribution in [0.5, 0.6) is 0 Å². The Balaban J connectivity index is 1.38. The van der Waals surface area contributed by atoms with Crippen molar-refractivity contribution in [3.63, 3.8) is 0 Å². The summed E-state index contributed by atoms with van der Waals surface area (Å²) in [6.07, 6.45) is 6.29. The standard InChI is InChI=1S/C23H21F2N9O2/c1-12(2)14-4-3-6-33-17(14)8-16(31-33)19-18-15(26-11-27-18)5-7-32(19)22(35)21-30-29-20(36-21)13-9-28-34(10-13)23(24)25/h3-4,6,8-12,19,23H,5,7H2,1-2H3,(H,26,27)/t19-/m1/s1. The van der Waals surface area contributed by atoms with Crippen molar-refractivity contribution in [2.24, 2.45) is 0 Å². The molecule has 1 amide bonds. The van der Waals surface area contributed by atoms with Crippen LogP contribution in [0.3, 0.4) is 0 Å². The second-order valence-electron chi connectivity index (χ2n) is 8.83. The van der Waals surface area contributed by atoms with Crippen LogP contribution in [0, 0.1) is 0 Å². The summed E-state index contributed by atoms with van der Waals surface area (Å²) in [7, 11) is 0. The van der Waals surface area contributed by atoms with Crippen LogP contribution in [-0.2, 0) is 6.42 Å². The Morgan fingerprint density at radius 2 is 2.14 bits per heavy atom. The zero-order valence-corrected chi connectivity index (χ0v) is 19.3. The number of imidazole rings is 1. The predicted octanol–water partition coefficient (Wildman–Crippen LogP) is 3.61. The molecule has 0 fully saturated rings. The third-order valence-electron chi connectivity index (χ3n) is 6.30. The van der Waals surface area contributed by atoms with Gasteiger partial charge in [0.25, 0.3) is 5.89 Å². The van der Waals surface area contributed by atoms with Crippen LogP contribution in [0.15, 0.2) is 47.5 Å². The van der Waals surface area contributed by atoms with Crippen molar-refractivity contribution >= 4 is 11.4 Å². The number of halogens is 2. The quantitative estimate of drug-likeness (QED) is 0.397. The molecule has 1 N–H and O–H groups in total. The molecule has 0 spiro atoms. The van der Waals surface area contributed by atoms with Crippen molar-refractivity contribution in [2.45, 2.75) is 38.8 Å². The molecule has 36 heavy (non-hydrogen) atoms. The van der Waals surface area contributed by atoms with Crippen LogP contribution in [0.4, 0.5) is 8.78 Å². The van der Waals surface area contributed by atoms with Crippen LogP contribution in [0.2, 0.25) is 0 Å². The number of rotatable bonds is 5. The monoisotopic (exact) mass is 493 g/mol. The minimum absolute atomic E-state index is 0.0754. The highest BCUT2D eigenvalue weighted by Gasteiger charge is 2.38. The Hall–Kier alpha value is -4.42. The van der Waals surface area contributed by atoms with Crippen LogP contribution in [0.25, 0.3) is 17.0 Å². The van der Waals surface area contributed by atoms with E-state index in [0.29, 0.717) is 29.0 Å². The topological polar surface area (TPSA) is 123 Å². The highest BCUT2D eigenvalue weighted by molar-refractivity contribution is 5.90. The van der Waals surface area contributed by atoms with Crippen LogP contribution < -0.4 is 0 Å². The Morgan fingerprint density at radius 1 is 1.28 bits per heavy atom. The van der Waals surface area contributed by atoms with E-state index in [1.807, 2.05) is 18.3 Å². The van der Waals surface area contributed by atoms with Crippen molar-refractivity contribution in [3.05, 3.63) is 71.7 Å². The number of nitrogens with one attached hydrogen (secondary N) is 1. The van der Waals surface area contributed by atoms with Gasteiger partial charge in [-0.15, -0.1) is 10.2 Å². The zero-order chi connectivity index (χ0) is 25.0. The lowest BCUT2D eigenvalue weighted by atomic mass is 9.98. The average Bonchev–Trinajstić information content (AvgIpc) is 3.66. The Bertz CT molecular complexity index is 1560. The van der Waals surface area contributed by atoms with Crippen LogP contribution >= 0.6 is 0 Å². The smallest absolute Gasteiger partial charge is 0.333 e. The molecule has 1 atom stereocenters. The molecule has 0 aliphatic carbocycles. The lowest BCUT2D eigenvalue weighted by Crippen LogP contribution is -2.41. The summed E-state index contributed by atoms with van der Waals surface area (Å²) < 4.78 is 33.6. The van der Waals surface area contributed by atoms with Crippen molar-refractivity contribution < 1.29 is 18.0 Å². The summed E-state index contributed by atoms with van der Waals surface area (Å²) in [6, 6.07) is 5.40. The first-order valence-electron chi connectivity index (χ1n) is 11.4. The number of H-pyrrole nitrogens is 1. The first-order valence-corrected chi connectivity index (χ1v) is 11.4. The predicted molar refractivity (Wildman–Crippen MR) is 121 cm³/mol. The molecule has 0 unspecified atom stereocenters.